The molecule has 7 heteroatoms. The molecule has 1 fully saturated rings. The van der Waals surface area contributed by atoms with E-state index in [1.54, 1.807) is 0 Å². The smallest absolute Gasteiger partial charge is 0.344 e. The third-order valence-corrected chi connectivity index (χ3v) is 5.73. The van der Waals surface area contributed by atoms with Crippen LogP contribution in [0.5, 0.6) is 0 Å². The Hall–Kier alpha value is -3.22. The summed E-state index contributed by atoms with van der Waals surface area (Å²) in [5.41, 5.74) is 4.89. The Bertz CT molecular complexity index is 1210. The van der Waals surface area contributed by atoms with Crippen LogP contribution in [0.2, 0.25) is 0 Å². The van der Waals surface area contributed by atoms with Crippen LogP contribution < -0.4 is 5.76 Å². The fraction of sp³-hybridized carbons (Fsp3) is 0.364. The maximum Gasteiger partial charge on any atom is 0.439 e. The zero-order chi connectivity index (χ0) is 19.8. The zero-order valence-electron chi connectivity index (χ0n) is 16.4. The second-order valence-electron chi connectivity index (χ2n) is 7.91. The van der Waals surface area contributed by atoms with E-state index in [4.69, 9.17) is 4.98 Å². The molecule has 0 aliphatic heterocycles. The van der Waals surface area contributed by atoms with E-state index in [0.29, 0.717) is 11.7 Å². The maximum absolute atomic E-state index is 11.4. The van der Waals surface area contributed by atoms with Gasteiger partial charge in [-0.05, 0) is 37.8 Å². The van der Waals surface area contributed by atoms with Gasteiger partial charge in [-0.15, -0.1) is 0 Å². The minimum absolute atomic E-state index is 0.242. The lowest BCUT2D eigenvalue weighted by Crippen LogP contribution is -2.14. The molecule has 1 N–H and O–H groups in total. The van der Waals surface area contributed by atoms with Crippen LogP contribution >= 0.6 is 0 Å². The lowest BCUT2D eigenvalue weighted by Gasteiger charge is -2.22. The van der Waals surface area contributed by atoms with Crippen LogP contribution in [0.4, 0.5) is 0 Å². The fourth-order valence-corrected chi connectivity index (χ4v) is 4.33. The number of fused-ring (bicyclic) bond motifs is 1. The van der Waals surface area contributed by atoms with Gasteiger partial charge >= 0.3 is 5.76 Å². The number of aromatic amines is 1. The molecule has 1 aliphatic rings. The molecule has 0 spiro atoms. The van der Waals surface area contributed by atoms with E-state index in [1.807, 2.05) is 12.1 Å². The molecule has 0 radical (unpaired) electrons. The largest absolute Gasteiger partial charge is 0.439 e. The van der Waals surface area contributed by atoms with E-state index < -0.39 is 5.76 Å². The fourth-order valence-electron chi connectivity index (χ4n) is 4.33. The van der Waals surface area contributed by atoms with E-state index in [1.165, 1.54) is 32.1 Å². The summed E-state index contributed by atoms with van der Waals surface area (Å²) in [6.45, 7) is 3.05. The van der Waals surface area contributed by atoms with Crippen LogP contribution in [0.3, 0.4) is 0 Å². The SMILES string of the molecule is Cc1cccc(-c2nc(-c3noc(=O)[nH]3)nc3ccn(CC4CCCCC4)c23)c1. The van der Waals surface area contributed by atoms with Crippen molar-refractivity contribution in [3.63, 3.8) is 0 Å². The third-order valence-electron chi connectivity index (χ3n) is 5.73. The molecule has 0 saturated heterocycles. The van der Waals surface area contributed by atoms with E-state index in [9.17, 15) is 4.79 Å². The molecule has 148 valence electrons. The van der Waals surface area contributed by atoms with Gasteiger partial charge in [0.2, 0.25) is 11.6 Å². The number of nitrogens with one attached hydrogen (secondary N) is 1. The number of nitrogens with zero attached hydrogens (tertiary/aromatic N) is 4. The molecule has 29 heavy (non-hydrogen) atoms. The summed E-state index contributed by atoms with van der Waals surface area (Å²) in [5, 5.41) is 3.77. The van der Waals surface area contributed by atoms with E-state index in [0.717, 1.165) is 34.4 Å². The first-order valence-corrected chi connectivity index (χ1v) is 10.2. The van der Waals surface area contributed by atoms with Crippen molar-refractivity contribution < 1.29 is 4.52 Å². The number of H-pyrrole nitrogens is 1. The summed E-state index contributed by atoms with van der Waals surface area (Å²) in [4.78, 5) is 23.4. The van der Waals surface area contributed by atoms with Gasteiger partial charge in [-0.3, -0.25) is 9.51 Å². The minimum atomic E-state index is -0.615. The van der Waals surface area contributed by atoms with Gasteiger partial charge < -0.3 is 4.57 Å². The third kappa shape index (κ3) is 3.48. The van der Waals surface area contributed by atoms with Crippen molar-refractivity contribution in [2.75, 3.05) is 0 Å². The van der Waals surface area contributed by atoms with Crippen molar-refractivity contribution in [2.24, 2.45) is 5.92 Å². The molecule has 0 amide bonds. The second kappa shape index (κ2) is 7.31. The van der Waals surface area contributed by atoms with Gasteiger partial charge in [0, 0.05) is 18.3 Å². The molecule has 1 saturated carbocycles. The molecular formula is C22H23N5O2. The lowest BCUT2D eigenvalue weighted by molar-refractivity contribution is 0.322. The monoisotopic (exact) mass is 389 g/mol. The van der Waals surface area contributed by atoms with Crippen LogP contribution in [0.25, 0.3) is 33.9 Å². The standard InChI is InChI=1S/C22H23N5O2/c1-14-6-5-9-16(12-14)18-19-17(23-20(24-18)21-25-22(28)29-26-21)10-11-27(19)13-15-7-3-2-4-8-15/h5-6,9-12,15H,2-4,7-8,13H2,1H3,(H,25,26,28). The highest BCUT2D eigenvalue weighted by atomic mass is 16.5. The molecule has 1 aromatic carbocycles. The number of benzene rings is 1. The van der Waals surface area contributed by atoms with E-state index >= 15 is 0 Å². The van der Waals surface area contributed by atoms with Crippen molar-refractivity contribution in [2.45, 2.75) is 45.6 Å². The highest BCUT2D eigenvalue weighted by Gasteiger charge is 2.20. The topological polar surface area (TPSA) is 89.6 Å². The first-order chi connectivity index (χ1) is 14.2. The van der Waals surface area contributed by atoms with Gasteiger partial charge in [0.15, 0.2) is 0 Å². The van der Waals surface area contributed by atoms with Crippen LogP contribution in [0, 0.1) is 12.8 Å². The summed E-state index contributed by atoms with van der Waals surface area (Å²) in [5.74, 6) is 0.674. The molecule has 3 aromatic heterocycles. The summed E-state index contributed by atoms with van der Waals surface area (Å²) >= 11 is 0. The molecule has 0 bridgehead atoms. The Morgan fingerprint density at radius 1 is 1.17 bits per heavy atom. The number of rotatable bonds is 4. The van der Waals surface area contributed by atoms with Gasteiger partial charge in [-0.1, -0.05) is 48.2 Å². The van der Waals surface area contributed by atoms with Gasteiger partial charge in [0.25, 0.3) is 0 Å². The number of aromatic nitrogens is 5. The van der Waals surface area contributed by atoms with Gasteiger partial charge in [-0.25, -0.2) is 14.8 Å². The average Bonchev–Trinajstić information content (AvgIpc) is 3.34. The Morgan fingerprint density at radius 3 is 2.79 bits per heavy atom. The molecule has 0 atom stereocenters. The van der Waals surface area contributed by atoms with Crippen molar-refractivity contribution in [1.29, 1.82) is 0 Å². The minimum Gasteiger partial charge on any atom is -0.344 e. The van der Waals surface area contributed by atoms with Gasteiger partial charge in [0.1, 0.15) is 0 Å². The average molecular weight is 389 g/mol. The second-order valence-corrected chi connectivity index (χ2v) is 7.91. The van der Waals surface area contributed by atoms with Crippen molar-refractivity contribution >= 4 is 11.0 Å². The summed E-state index contributed by atoms with van der Waals surface area (Å²) < 4.78 is 6.95. The predicted molar refractivity (Wildman–Crippen MR) is 110 cm³/mol. The number of hydrogen-bond acceptors (Lipinski definition) is 5. The van der Waals surface area contributed by atoms with Crippen LogP contribution in [-0.2, 0) is 6.54 Å². The Balaban J connectivity index is 1.67. The van der Waals surface area contributed by atoms with Gasteiger partial charge in [0.05, 0.1) is 16.7 Å². The van der Waals surface area contributed by atoms with Crippen molar-refractivity contribution in [3.05, 3.63) is 52.6 Å². The quantitative estimate of drug-likeness (QED) is 0.561. The highest BCUT2D eigenvalue weighted by Crippen LogP contribution is 2.32. The Labute approximate surface area is 167 Å². The van der Waals surface area contributed by atoms with Crippen LogP contribution in [0.15, 0.2) is 45.8 Å². The van der Waals surface area contributed by atoms with Crippen LogP contribution in [-0.4, -0.2) is 24.7 Å². The van der Waals surface area contributed by atoms with Crippen molar-refractivity contribution in [3.8, 4) is 22.9 Å². The molecule has 3 heterocycles. The number of hydrogen-bond donors (Lipinski definition) is 1. The summed E-state index contributed by atoms with van der Waals surface area (Å²) in [6, 6.07) is 10.3. The molecule has 0 unspecified atom stereocenters. The molecule has 7 nitrogen and oxygen atoms in total. The molecule has 4 aromatic rings. The van der Waals surface area contributed by atoms with Crippen molar-refractivity contribution in [1.82, 2.24) is 24.7 Å². The maximum atomic E-state index is 11.4. The van der Waals surface area contributed by atoms with Gasteiger partial charge in [-0.2, -0.15) is 0 Å². The highest BCUT2D eigenvalue weighted by molar-refractivity contribution is 5.91. The molecule has 1 aliphatic carbocycles. The lowest BCUT2D eigenvalue weighted by atomic mass is 9.89. The number of aryl methyl sites for hydroxylation is 1. The Morgan fingerprint density at radius 2 is 2.03 bits per heavy atom. The first-order valence-electron chi connectivity index (χ1n) is 10.2. The van der Waals surface area contributed by atoms with E-state index in [2.05, 4.69) is 55.5 Å². The summed E-state index contributed by atoms with van der Waals surface area (Å²) in [6.07, 6.45) is 8.63. The first kappa shape index (κ1) is 17.8. The zero-order valence-corrected chi connectivity index (χ0v) is 16.4. The Kier molecular flexibility index (Phi) is 4.50. The van der Waals surface area contributed by atoms with E-state index in [-0.39, 0.29) is 5.82 Å². The molecule has 5 rings (SSSR count). The molecular weight excluding hydrogens is 366 g/mol. The predicted octanol–water partition coefficient (Wildman–Crippen LogP) is 4.33. The normalized spacial score (nSPS) is 15.2. The van der Waals surface area contributed by atoms with Crippen LogP contribution in [0.1, 0.15) is 37.7 Å². The summed E-state index contributed by atoms with van der Waals surface area (Å²) in [7, 11) is 0.